The lowest BCUT2D eigenvalue weighted by Crippen LogP contribution is -2.39. The molecule has 0 saturated carbocycles. The van der Waals surface area contributed by atoms with Crippen molar-refractivity contribution >= 4 is 21.8 Å². The number of rotatable bonds is 4. The highest BCUT2D eigenvalue weighted by Gasteiger charge is 2.25. The number of halogens is 1. The maximum atomic E-state index is 12.3. The Kier molecular flexibility index (Phi) is 4.66. The molecule has 3 heterocycles. The predicted octanol–water partition coefficient (Wildman–Crippen LogP) is 3.35. The third-order valence-corrected chi connectivity index (χ3v) is 4.68. The maximum absolute atomic E-state index is 12.3. The summed E-state index contributed by atoms with van der Waals surface area (Å²) in [5.41, 5.74) is 0. The lowest BCUT2D eigenvalue weighted by Gasteiger charge is -2.31. The molecule has 0 aliphatic carbocycles. The van der Waals surface area contributed by atoms with E-state index in [-0.39, 0.29) is 5.91 Å². The molecule has 22 heavy (non-hydrogen) atoms. The first-order chi connectivity index (χ1) is 10.7. The number of piperidine rings is 1. The monoisotopic (exact) mass is 365 g/mol. The Morgan fingerprint density at radius 1 is 1.41 bits per heavy atom. The molecule has 0 N–H and O–H groups in total. The van der Waals surface area contributed by atoms with Gasteiger partial charge in [-0.3, -0.25) is 4.79 Å². The Morgan fingerprint density at radius 2 is 2.18 bits per heavy atom. The van der Waals surface area contributed by atoms with Gasteiger partial charge in [-0.1, -0.05) is 6.92 Å². The van der Waals surface area contributed by atoms with Crippen LogP contribution in [0, 0.1) is 5.92 Å². The highest BCUT2D eigenvalue weighted by molar-refractivity contribution is 9.10. The van der Waals surface area contributed by atoms with E-state index in [4.69, 9.17) is 4.42 Å². The summed E-state index contributed by atoms with van der Waals surface area (Å²) in [6.45, 7) is 4.70. The van der Waals surface area contributed by atoms with Gasteiger partial charge in [0.25, 0.3) is 5.91 Å². The van der Waals surface area contributed by atoms with Gasteiger partial charge in [0.15, 0.2) is 10.4 Å². The number of furan rings is 1. The molecule has 1 aliphatic rings. The van der Waals surface area contributed by atoms with Gasteiger partial charge in [-0.15, -0.1) is 0 Å². The third kappa shape index (κ3) is 3.27. The molecule has 1 amide bonds. The van der Waals surface area contributed by atoms with Crippen molar-refractivity contribution in [2.75, 3.05) is 13.1 Å². The summed E-state index contributed by atoms with van der Waals surface area (Å²) in [4.78, 5) is 18.6. The molecule has 0 radical (unpaired) electrons. The second kappa shape index (κ2) is 6.69. The van der Waals surface area contributed by atoms with Gasteiger partial charge >= 0.3 is 0 Å². The highest BCUT2D eigenvalue weighted by atomic mass is 79.9. The molecule has 2 aromatic heterocycles. The highest BCUT2D eigenvalue weighted by Crippen LogP contribution is 2.23. The van der Waals surface area contributed by atoms with E-state index >= 15 is 0 Å². The van der Waals surface area contributed by atoms with Crippen LogP contribution >= 0.6 is 15.9 Å². The number of likely N-dealkylation sites (tertiary alicyclic amines) is 1. The maximum Gasteiger partial charge on any atom is 0.289 e. The number of amides is 1. The number of aryl methyl sites for hydroxylation is 1. The van der Waals surface area contributed by atoms with Crippen LogP contribution in [0.5, 0.6) is 0 Å². The Morgan fingerprint density at radius 3 is 2.82 bits per heavy atom. The number of carbonyl (C=O) groups is 1. The molecule has 118 valence electrons. The minimum absolute atomic E-state index is 0.0129. The number of nitrogens with zero attached hydrogens (tertiary/aromatic N) is 3. The fourth-order valence-electron chi connectivity index (χ4n) is 3.00. The second-order valence-corrected chi connectivity index (χ2v) is 6.47. The molecule has 6 heteroatoms. The van der Waals surface area contributed by atoms with Crippen LogP contribution in [0.3, 0.4) is 0 Å². The summed E-state index contributed by atoms with van der Waals surface area (Å²) in [6.07, 6.45) is 6.92. The van der Waals surface area contributed by atoms with Crippen molar-refractivity contribution in [3.63, 3.8) is 0 Å². The van der Waals surface area contributed by atoms with E-state index in [1.807, 2.05) is 11.1 Å². The normalized spacial score (nSPS) is 16.2. The third-order valence-electron chi connectivity index (χ3n) is 4.26. The quantitative estimate of drug-likeness (QED) is 0.834. The van der Waals surface area contributed by atoms with Gasteiger partial charge in [-0.05, 0) is 46.8 Å². The molecule has 0 aromatic carbocycles. The standard InChI is InChI=1S/C16H20BrN3O2/c1-2-15-18-7-10-20(15)11-12-5-8-19(9-6-12)16(21)13-3-4-14(17)22-13/h3-4,7,10,12H,2,5-6,8-9,11H2,1H3. The van der Waals surface area contributed by atoms with Crippen LogP contribution < -0.4 is 0 Å². The fourth-order valence-corrected chi connectivity index (χ4v) is 3.31. The Balaban J connectivity index is 1.55. The Labute approximate surface area is 138 Å². The summed E-state index contributed by atoms with van der Waals surface area (Å²) in [6, 6.07) is 3.48. The van der Waals surface area contributed by atoms with E-state index in [2.05, 4.69) is 38.6 Å². The second-order valence-electron chi connectivity index (χ2n) is 5.69. The van der Waals surface area contributed by atoms with Crippen molar-refractivity contribution in [3.05, 3.63) is 40.8 Å². The first-order valence-corrected chi connectivity index (χ1v) is 8.51. The van der Waals surface area contributed by atoms with Crippen LogP contribution in [0.15, 0.2) is 33.6 Å². The van der Waals surface area contributed by atoms with Crippen LogP contribution in [0.25, 0.3) is 0 Å². The molecule has 5 nitrogen and oxygen atoms in total. The van der Waals surface area contributed by atoms with E-state index in [1.165, 1.54) is 0 Å². The molecule has 1 aliphatic heterocycles. The first-order valence-electron chi connectivity index (χ1n) is 7.72. The molecule has 1 saturated heterocycles. The van der Waals surface area contributed by atoms with E-state index in [0.29, 0.717) is 16.3 Å². The molecule has 0 spiro atoms. The number of hydrogen-bond acceptors (Lipinski definition) is 3. The molecule has 0 atom stereocenters. The zero-order valence-electron chi connectivity index (χ0n) is 12.7. The van der Waals surface area contributed by atoms with Crippen LogP contribution in [0.2, 0.25) is 0 Å². The van der Waals surface area contributed by atoms with Gasteiger partial charge in [-0.2, -0.15) is 0 Å². The number of imidazole rings is 1. The van der Waals surface area contributed by atoms with E-state index < -0.39 is 0 Å². The van der Waals surface area contributed by atoms with Crippen molar-refractivity contribution < 1.29 is 9.21 Å². The number of carbonyl (C=O) groups excluding carboxylic acids is 1. The summed E-state index contributed by atoms with van der Waals surface area (Å²) >= 11 is 3.23. The number of aromatic nitrogens is 2. The van der Waals surface area contributed by atoms with Crippen LogP contribution in [-0.4, -0.2) is 33.4 Å². The molecule has 2 aromatic rings. The Bertz CT molecular complexity index is 641. The van der Waals surface area contributed by atoms with E-state index in [9.17, 15) is 4.79 Å². The van der Waals surface area contributed by atoms with Gasteiger partial charge in [0.05, 0.1) is 0 Å². The van der Waals surface area contributed by atoms with Gasteiger partial charge in [-0.25, -0.2) is 4.98 Å². The van der Waals surface area contributed by atoms with Crippen LogP contribution in [0.4, 0.5) is 0 Å². The molecule has 1 fully saturated rings. The summed E-state index contributed by atoms with van der Waals surface area (Å²) < 4.78 is 8.19. The Hall–Kier alpha value is -1.56. The topological polar surface area (TPSA) is 51.3 Å². The van der Waals surface area contributed by atoms with Crippen molar-refractivity contribution in [2.24, 2.45) is 5.92 Å². The molecular formula is C16H20BrN3O2. The molecule has 0 unspecified atom stereocenters. The average Bonchev–Trinajstić information content (AvgIpc) is 3.16. The minimum Gasteiger partial charge on any atom is -0.444 e. The van der Waals surface area contributed by atoms with Crippen molar-refractivity contribution in [1.29, 1.82) is 0 Å². The van der Waals surface area contributed by atoms with Gasteiger partial charge in [0, 0.05) is 38.4 Å². The van der Waals surface area contributed by atoms with Crippen LogP contribution in [-0.2, 0) is 13.0 Å². The zero-order valence-corrected chi connectivity index (χ0v) is 14.3. The average molecular weight is 366 g/mol. The van der Waals surface area contributed by atoms with Crippen molar-refractivity contribution in [2.45, 2.75) is 32.7 Å². The van der Waals surface area contributed by atoms with Gasteiger partial charge < -0.3 is 13.9 Å². The summed E-state index contributed by atoms with van der Waals surface area (Å²) in [5, 5.41) is 0. The first kappa shape index (κ1) is 15.3. The van der Waals surface area contributed by atoms with E-state index in [0.717, 1.165) is 44.7 Å². The van der Waals surface area contributed by atoms with Gasteiger partial charge in [0.2, 0.25) is 0 Å². The lowest BCUT2D eigenvalue weighted by molar-refractivity contribution is 0.0649. The number of hydrogen-bond donors (Lipinski definition) is 0. The van der Waals surface area contributed by atoms with Crippen molar-refractivity contribution in [1.82, 2.24) is 14.5 Å². The fraction of sp³-hybridized carbons (Fsp3) is 0.500. The van der Waals surface area contributed by atoms with Crippen molar-refractivity contribution in [3.8, 4) is 0 Å². The minimum atomic E-state index is -0.0129. The smallest absolute Gasteiger partial charge is 0.289 e. The SMILES string of the molecule is CCc1nccn1CC1CCN(C(=O)c2ccc(Br)o2)CC1. The molecule has 0 bridgehead atoms. The summed E-state index contributed by atoms with van der Waals surface area (Å²) in [5.74, 6) is 2.14. The van der Waals surface area contributed by atoms with Gasteiger partial charge in [0.1, 0.15) is 5.82 Å². The predicted molar refractivity (Wildman–Crippen MR) is 86.6 cm³/mol. The zero-order chi connectivity index (χ0) is 15.5. The largest absolute Gasteiger partial charge is 0.444 e. The molecule has 3 rings (SSSR count). The summed E-state index contributed by atoms with van der Waals surface area (Å²) in [7, 11) is 0. The van der Waals surface area contributed by atoms with Crippen LogP contribution in [0.1, 0.15) is 36.1 Å². The molecular weight excluding hydrogens is 346 g/mol. The lowest BCUT2D eigenvalue weighted by atomic mass is 9.96. The van der Waals surface area contributed by atoms with E-state index in [1.54, 1.807) is 12.1 Å².